The van der Waals surface area contributed by atoms with Crippen LogP contribution in [0.5, 0.6) is 0 Å². The van der Waals surface area contributed by atoms with Gasteiger partial charge < -0.3 is 10.1 Å². The minimum Gasteiger partial charge on any atom is -0.383 e. The van der Waals surface area contributed by atoms with Crippen molar-refractivity contribution in [1.82, 2.24) is 4.90 Å². The van der Waals surface area contributed by atoms with Crippen LogP contribution in [0.3, 0.4) is 0 Å². The quantitative estimate of drug-likeness (QED) is 0.927. The Kier molecular flexibility index (Phi) is 4.95. The maximum atomic E-state index is 12.8. The van der Waals surface area contributed by atoms with Crippen molar-refractivity contribution < 1.29 is 9.53 Å². The summed E-state index contributed by atoms with van der Waals surface area (Å²) in [6.07, 6.45) is 2.71. The molecule has 2 heterocycles. The maximum absolute atomic E-state index is 12.8. The molecule has 2 aliphatic rings. The van der Waals surface area contributed by atoms with Crippen molar-refractivity contribution in [3.8, 4) is 0 Å². The van der Waals surface area contributed by atoms with Gasteiger partial charge in [-0.05, 0) is 18.6 Å². The molecule has 1 amide bonds. The molecular formula is C17H25N3O2. The van der Waals surface area contributed by atoms with Crippen molar-refractivity contribution in [2.24, 2.45) is 0 Å². The van der Waals surface area contributed by atoms with E-state index < -0.39 is 0 Å². The zero-order valence-electron chi connectivity index (χ0n) is 13.3. The molecule has 1 saturated heterocycles. The fourth-order valence-corrected chi connectivity index (χ4v) is 3.33. The molecule has 0 radical (unpaired) electrons. The summed E-state index contributed by atoms with van der Waals surface area (Å²) in [5.41, 5.74) is 2.07. The van der Waals surface area contributed by atoms with Crippen molar-refractivity contribution in [3.05, 3.63) is 24.3 Å². The molecule has 1 fully saturated rings. The minimum atomic E-state index is 0.127. The van der Waals surface area contributed by atoms with Crippen LogP contribution in [-0.4, -0.2) is 49.8 Å². The molecule has 1 atom stereocenters. The summed E-state index contributed by atoms with van der Waals surface area (Å²) >= 11 is 0. The second-order valence-corrected chi connectivity index (χ2v) is 5.88. The molecule has 5 heteroatoms. The van der Waals surface area contributed by atoms with Gasteiger partial charge in [-0.3, -0.25) is 14.6 Å². The number of rotatable bonds is 4. The third kappa shape index (κ3) is 3.10. The normalized spacial score (nSPS) is 21.0. The molecule has 2 aliphatic heterocycles. The predicted octanol–water partition coefficient (Wildman–Crippen LogP) is 2.29. The number of morpholine rings is 1. The van der Waals surface area contributed by atoms with Crippen molar-refractivity contribution in [2.45, 2.75) is 32.4 Å². The average Bonchev–Trinajstić information content (AvgIpc) is 2.72. The lowest BCUT2D eigenvalue weighted by Gasteiger charge is -2.41. The van der Waals surface area contributed by atoms with Gasteiger partial charge in [0, 0.05) is 26.1 Å². The fraction of sp³-hybridized carbons (Fsp3) is 0.588. The molecule has 1 aromatic rings. The highest BCUT2D eigenvalue weighted by Gasteiger charge is 2.32. The molecule has 0 aliphatic carbocycles. The van der Waals surface area contributed by atoms with Gasteiger partial charge in [-0.25, -0.2) is 0 Å². The van der Waals surface area contributed by atoms with E-state index in [2.05, 4.69) is 29.3 Å². The zero-order chi connectivity index (χ0) is 15.4. The first kappa shape index (κ1) is 15.3. The lowest BCUT2D eigenvalue weighted by atomic mass is 10.1. The molecule has 0 bridgehead atoms. The molecule has 0 saturated carbocycles. The van der Waals surface area contributed by atoms with Gasteiger partial charge in [0.25, 0.3) is 0 Å². The van der Waals surface area contributed by atoms with Crippen LogP contribution >= 0.6 is 0 Å². The number of hydrogen-bond acceptors (Lipinski definition) is 4. The molecule has 0 spiro atoms. The van der Waals surface area contributed by atoms with Crippen LogP contribution < -0.4 is 10.2 Å². The summed E-state index contributed by atoms with van der Waals surface area (Å²) in [4.78, 5) is 17.2. The van der Waals surface area contributed by atoms with Crippen molar-refractivity contribution in [3.63, 3.8) is 0 Å². The first-order valence-corrected chi connectivity index (χ1v) is 8.28. The van der Waals surface area contributed by atoms with Crippen LogP contribution in [0.1, 0.15) is 26.2 Å². The van der Waals surface area contributed by atoms with E-state index in [1.807, 2.05) is 17.0 Å². The second kappa shape index (κ2) is 7.11. The van der Waals surface area contributed by atoms with Gasteiger partial charge in [-0.1, -0.05) is 25.5 Å². The van der Waals surface area contributed by atoms with E-state index in [0.717, 1.165) is 50.5 Å². The molecule has 120 valence electrons. The van der Waals surface area contributed by atoms with Crippen LogP contribution in [-0.2, 0) is 9.53 Å². The number of para-hydroxylation sites is 2. The second-order valence-electron chi connectivity index (χ2n) is 5.88. The molecular weight excluding hydrogens is 278 g/mol. The predicted molar refractivity (Wildman–Crippen MR) is 88.1 cm³/mol. The highest BCUT2D eigenvalue weighted by molar-refractivity contribution is 5.98. The summed E-state index contributed by atoms with van der Waals surface area (Å²) in [6.45, 7) is 6.17. The highest BCUT2D eigenvalue weighted by atomic mass is 16.5. The number of ether oxygens (including phenoxy) is 1. The minimum absolute atomic E-state index is 0.127. The first-order chi connectivity index (χ1) is 10.8. The van der Waals surface area contributed by atoms with Crippen molar-refractivity contribution in [1.29, 1.82) is 0 Å². The zero-order valence-corrected chi connectivity index (χ0v) is 13.3. The summed E-state index contributed by atoms with van der Waals surface area (Å²) in [5, 5.41) is 3.38. The topological polar surface area (TPSA) is 44.8 Å². The van der Waals surface area contributed by atoms with Gasteiger partial charge in [0.2, 0.25) is 5.91 Å². The van der Waals surface area contributed by atoms with E-state index in [1.165, 1.54) is 0 Å². The number of carbonyl (C=O) groups excluding carboxylic acids is 1. The third-order valence-electron chi connectivity index (χ3n) is 4.40. The summed E-state index contributed by atoms with van der Waals surface area (Å²) in [6, 6.07) is 8.13. The van der Waals surface area contributed by atoms with Crippen LogP contribution in [0.2, 0.25) is 0 Å². The summed E-state index contributed by atoms with van der Waals surface area (Å²) in [5.74, 6) is 0.211. The van der Waals surface area contributed by atoms with Crippen LogP contribution in [0, 0.1) is 0 Å². The molecule has 1 N–H and O–H groups in total. The Bertz CT molecular complexity index is 514. The number of anilines is 2. The van der Waals surface area contributed by atoms with E-state index in [0.29, 0.717) is 13.0 Å². The Hall–Kier alpha value is -1.59. The van der Waals surface area contributed by atoms with Gasteiger partial charge in [0.1, 0.15) is 0 Å². The van der Waals surface area contributed by atoms with Crippen LogP contribution in [0.4, 0.5) is 11.4 Å². The van der Waals surface area contributed by atoms with E-state index in [-0.39, 0.29) is 12.1 Å². The first-order valence-electron chi connectivity index (χ1n) is 8.28. The number of nitrogens with zero attached hydrogens (tertiary/aromatic N) is 2. The molecule has 1 aromatic carbocycles. The Morgan fingerprint density at radius 1 is 1.27 bits per heavy atom. The van der Waals surface area contributed by atoms with E-state index in [1.54, 1.807) is 0 Å². The Labute approximate surface area is 132 Å². The molecule has 5 nitrogen and oxygen atoms in total. The molecule has 22 heavy (non-hydrogen) atoms. The lowest BCUT2D eigenvalue weighted by Crippen LogP contribution is -2.54. The van der Waals surface area contributed by atoms with Gasteiger partial charge in [-0.2, -0.15) is 0 Å². The Morgan fingerprint density at radius 2 is 2.05 bits per heavy atom. The Morgan fingerprint density at radius 3 is 2.82 bits per heavy atom. The third-order valence-corrected chi connectivity index (χ3v) is 4.40. The Balaban J connectivity index is 1.95. The van der Waals surface area contributed by atoms with Crippen LogP contribution in [0.25, 0.3) is 0 Å². The highest BCUT2D eigenvalue weighted by Crippen LogP contribution is 2.32. The number of nitrogens with one attached hydrogen (secondary N) is 1. The molecule has 3 rings (SSSR count). The number of fused-ring (bicyclic) bond motifs is 1. The van der Waals surface area contributed by atoms with E-state index in [4.69, 9.17) is 4.74 Å². The lowest BCUT2D eigenvalue weighted by molar-refractivity contribution is -0.120. The fourth-order valence-electron chi connectivity index (χ4n) is 3.33. The number of benzene rings is 1. The van der Waals surface area contributed by atoms with E-state index in [9.17, 15) is 4.79 Å². The standard InChI is InChI=1S/C17H25N3O2/c1-2-5-16(19-10-12-22-13-11-19)20-15-7-4-3-6-14(15)18-9-8-17(20)21/h3-4,6-7,16,18H,2,5,8-13H2,1H3. The van der Waals surface area contributed by atoms with Gasteiger partial charge in [0.05, 0.1) is 30.8 Å². The molecule has 1 unspecified atom stereocenters. The van der Waals surface area contributed by atoms with Gasteiger partial charge in [0.15, 0.2) is 0 Å². The van der Waals surface area contributed by atoms with Crippen molar-refractivity contribution >= 4 is 17.3 Å². The SMILES string of the molecule is CCCC(N1CCOCC1)N1C(=O)CCNc2ccccc21. The summed E-state index contributed by atoms with van der Waals surface area (Å²) < 4.78 is 5.48. The van der Waals surface area contributed by atoms with E-state index >= 15 is 0 Å². The monoisotopic (exact) mass is 303 g/mol. The number of hydrogen-bond donors (Lipinski definition) is 1. The van der Waals surface area contributed by atoms with Gasteiger partial charge in [-0.15, -0.1) is 0 Å². The number of amides is 1. The number of carbonyl (C=O) groups is 1. The molecule has 0 aromatic heterocycles. The maximum Gasteiger partial charge on any atom is 0.230 e. The van der Waals surface area contributed by atoms with Crippen LogP contribution in [0.15, 0.2) is 24.3 Å². The largest absolute Gasteiger partial charge is 0.383 e. The summed E-state index contributed by atoms with van der Waals surface area (Å²) in [7, 11) is 0. The smallest absolute Gasteiger partial charge is 0.230 e. The van der Waals surface area contributed by atoms with Gasteiger partial charge >= 0.3 is 0 Å². The average molecular weight is 303 g/mol. The van der Waals surface area contributed by atoms with Crippen molar-refractivity contribution in [2.75, 3.05) is 43.1 Å².